The highest BCUT2D eigenvalue weighted by atomic mass is 79.9. The standard InChI is InChI=1S/C12H12BrN3O/c1-16(2)12-9(13)7-14-11(15-12)8-5-3-4-6-10(8)17/h3-7,17H,1-2H3. The highest BCUT2D eigenvalue weighted by Crippen LogP contribution is 2.29. The van der Waals surface area contributed by atoms with Crippen molar-refractivity contribution in [2.45, 2.75) is 0 Å². The first-order chi connectivity index (χ1) is 8.09. The summed E-state index contributed by atoms with van der Waals surface area (Å²) in [5.74, 6) is 1.47. The predicted molar refractivity (Wildman–Crippen MR) is 71.2 cm³/mol. The number of phenolic OH excluding ortho intramolecular Hbond substituents is 1. The lowest BCUT2D eigenvalue weighted by molar-refractivity contribution is 0.477. The van der Waals surface area contributed by atoms with Crippen molar-refractivity contribution in [2.75, 3.05) is 19.0 Å². The fourth-order valence-electron chi connectivity index (χ4n) is 1.46. The quantitative estimate of drug-likeness (QED) is 0.925. The number of nitrogens with zero attached hydrogens (tertiary/aromatic N) is 3. The molecule has 0 fully saturated rings. The Morgan fingerprint density at radius 3 is 2.59 bits per heavy atom. The van der Waals surface area contributed by atoms with Gasteiger partial charge in [-0.2, -0.15) is 0 Å². The molecule has 0 aliphatic heterocycles. The number of hydrogen-bond donors (Lipinski definition) is 1. The van der Waals surface area contributed by atoms with Crippen LogP contribution in [0.3, 0.4) is 0 Å². The molecule has 0 atom stereocenters. The third-order valence-corrected chi connectivity index (χ3v) is 2.85. The number of anilines is 1. The van der Waals surface area contributed by atoms with E-state index in [-0.39, 0.29) is 5.75 Å². The van der Waals surface area contributed by atoms with Crippen molar-refractivity contribution in [3.05, 3.63) is 34.9 Å². The predicted octanol–water partition coefficient (Wildman–Crippen LogP) is 2.68. The van der Waals surface area contributed by atoms with Crippen molar-refractivity contribution >= 4 is 21.7 Å². The van der Waals surface area contributed by atoms with E-state index >= 15 is 0 Å². The first-order valence-corrected chi connectivity index (χ1v) is 5.87. The second-order valence-corrected chi connectivity index (χ2v) is 4.63. The molecular weight excluding hydrogens is 282 g/mol. The molecule has 0 amide bonds. The molecule has 88 valence electrons. The van der Waals surface area contributed by atoms with Crippen LogP contribution in [0.2, 0.25) is 0 Å². The van der Waals surface area contributed by atoms with Gasteiger partial charge in [0, 0.05) is 20.3 Å². The SMILES string of the molecule is CN(C)c1nc(-c2ccccc2O)ncc1Br. The summed E-state index contributed by atoms with van der Waals surface area (Å²) >= 11 is 3.39. The van der Waals surface area contributed by atoms with Crippen molar-refractivity contribution in [3.63, 3.8) is 0 Å². The van der Waals surface area contributed by atoms with Gasteiger partial charge in [0.1, 0.15) is 11.6 Å². The zero-order valence-electron chi connectivity index (χ0n) is 9.55. The van der Waals surface area contributed by atoms with Crippen LogP contribution >= 0.6 is 15.9 Å². The Kier molecular flexibility index (Phi) is 3.28. The Labute approximate surface area is 108 Å². The summed E-state index contributed by atoms with van der Waals surface area (Å²) in [5, 5.41) is 9.76. The minimum absolute atomic E-state index is 0.180. The van der Waals surface area contributed by atoms with Crippen LogP contribution in [0.25, 0.3) is 11.4 Å². The number of para-hydroxylation sites is 1. The van der Waals surface area contributed by atoms with Gasteiger partial charge in [0.2, 0.25) is 0 Å². The van der Waals surface area contributed by atoms with Crippen molar-refractivity contribution in [3.8, 4) is 17.1 Å². The van der Waals surface area contributed by atoms with E-state index in [1.807, 2.05) is 25.1 Å². The number of aromatic nitrogens is 2. The second kappa shape index (κ2) is 4.71. The fourth-order valence-corrected chi connectivity index (χ4v) is 2.01. The molecular formula is C12H12BrN3O. The normalized spacial score (nSPS) is 10.3. The molecule has 0 saturated heterocycles. The summed E-state index contributed by atoms with van der Waals surface area (Å²) in [4.78, 5) is 10.5. The van der Waals surface area contributed by atoms with Gasteiger partial charge in [-0.3, -0.25) is 0 Å². The van der Waals surface area contributed by atoms with Crippen LogP contribution in [0, 0.1) is 0 Å². The largest absolute Gasteiger partial charge is 0.507 e. The molecule has 1 aromatic heterocycles. The lowest BCUT2D eigenvalue weighted by Crippen LogP contribution is -2.12. The number of hydrogen-bond acceptors (Lipinski definition) is 4. The van der Waals surface area contributed by atoms with Crippen molar-refractivity contribution < 1.29 is 5.11 Å². The maximum atomic E-state index is 9.76. The molecule has 0 aliphatic rings. The maximum absolute atomic E-state index is 9.76. The minimum atomic E-state index is 0.180. The van der Waals surface area contributed by atoms with Gasteiger partial charge in [0.25, 0.3) is 0 Å². The minimum Gasteiger partial charge on any atom is -0.507 e. The Bertz CT molecular complexity index is 543. The smallest absolute Gasteiger partial charge is 0.165 e. The summed E-state index contributed by atoms with van der Waals surface area (Å²) in [6.45, 7) is 0. The molecule has 0 unspecified atom stereocenters. The van der Waals surface area contributed by atoms with E-state index in [0.29, 0.717) is 11.4 Å². The van der Waals surface area contributed by atoms with Gasteiger partial charge < -0.3 is 10.0 Å². The van der Waals surface area contributed by atoms with E-state index < -0.39 is 0 Å². The van der Waals surface area contributed by atoms with E-state index in [2.05, 4.69) is 25.9 Å². The summed E-state index contributed by atoms with van der Waals surface area (Å²) in [6, 6.07) is 7.02. The number of rotatable bonds is 2. The zero-order valence-corrected chi connectivity index (χ0v) is 11.1. The molecule has 0 saturated carbocycles. The molecule has 0 bridgehead atoms. The van der Waals surface area contributed by atoms with Crippen LogP contribution in [-0.4, -0.2) is 29.2 Å². The monoisotopic (exact) mass is 293 g/mol. The van der Waals surface area contributed by atoms with Gasteiger partial charge >= 0.3 is 0 Å². The Morgan fingerprint density at radius 2 is 1.94 bits per heavy atom. The van der Waals surface area contributed by atoms with Gasteiger partial charge in [0.15, 0.2) is 5.82 Å². The highest BCUT2D eigenvalue weighted by Gasteiger charge is 2.10. The average molecular weight is 294 g/mol. The molecule has 1 aromatic carbocycles. The van der Waals surface area contributed by atoms with Crippen molar-refractivity contribution in [1.82, 2.24) is 9.97 Å². The van der Waals surface area contributed by atoms with Crippen LogP contribution < -0.4 is 4.90 Å². The summed E-state index contributed by atoms with van der Waals surface area (Å²) in [6.07, 6.45) is 1.68. The molecule has 2 rings (SSSR count). The lowest BCUT2D eigenvalue weighted by atomic mass is 10.2. The summed E-state index contributed by atoms with van der Waals surface area (Å²) < 4.78 is 0.821. The van der Waals surface area contributed by atoms with Gasteiger partial charge in [0.05, 0.1) is 10.0 Å². The third kappa shape index (κ3) is 2.39. The van der Waals surface area contributed by atoms with Gasteiger partial charge in [-0.1, -0.05) is 12.1 Å². The van der Waals surface area contributed by atoms with Crippen molar-refractivity contribution in [1.29, 1.82) is 0 Å². The van der Waals surface area contributed by atoms with Gasteiger partial charge in [-0.05, 0) is 28.1 Å². The third-order valence-electron chi connectivity index (χ3n) is 2.29. The molecule has 0 aliphatic carbocycles. The Hall–Kier alpha value is -1.62. The Morgan fingerprint density at radius 1 is 1.24 bits per heavy atom. The average Bonchev–Trinajstić information content (AvgIpc) is 2.30. The number of benzene rings is 1. The second-order valence-electron chi connectivity index (χ2n) is 3.78. The molecule has 1 N–H and O–H groups in total. The van der Waals surface area contributed by atoms with Crippen LogP contribution in [0.4, 0.5) is 5.82 Å². The van der Waals surface area contributed by atoms with Crippen LogP contribution in [0.5, 0.6) is 5.75 Å². The molecule has 5 heteroatoms. The van der Waals surface area contributed by atoms with E-state index in [0.717, 1.165) is 10.3 Å². The molecule has 2 aromatic rings. The molecule has 0 spiro atoms. The highest BCUT2D eigenvalue weighted by molar-refractivity contribution is 9.10. The van der Waals surface area contributed by atoms with E-state index in [1.54, 1.807) is 24.4 Å². The topological polar surface area (TPSA) is 49.2 Å². The number of halogens is 1. The Balaban J connectivity index is 2.54. The fraction of sp³-hybridized carbons (Fsp3) is 0.167. The van der Waals surface area contributed by atoms with Crippen molar-refractivity contribution in [2.24, 2.45) is 0 Å². The zero-order chi connectivity index (χ0) is 12.4. The number of phenols is 1. The summed E-state index contributed by atoms with van der Waals surface area (Å²) in [7, 11) is 3.81. The van der Waals surface area contributed by atoms with E-state index in [4.69, 9.17) is 0 Å². The van der Waals surface area contributed by atoms with Crippen LogP contribution in [-0.2, 0) is 0 Å². The van der Waals surface area contributed by atoms with Gasteiger partial charge in [-0.25, -0.2) is 9.97 Å². The van der Waals surface area contributed by atoms with Crippen LogP contribution in [0.15, 0.2) is 34.9 Å². The maximum Gasteiger partial charge on any atom is 0.165 e. The summed E-state index contributed by atoms with van der Waals surface area (Å²) in [5.41, 5.74) is 0.628. The molecule has 0 radical (unpaired) electrons. The number of aromatic hydroxyl groups is 1. The lowest BCUT2D eigenvalue weighted by Gasteiger charge is -2.14. The van der Waals surface area contributed by atoms with E-state index in [9.17, 15) is 5.11 Å². The molecule has 4 nitrogen and oxygen atoms in total. The first-order valence-electron chi connectivity index (χ1n) is 5.08. The van der Waals surface area contributed by atoms with Gasteiger partial charge in [-0.15, -0.1) is 0 Å². The molecule has 1 heterocycles. The first kappa shape index (κ1) is 11.9. The van der Waals surface area contributed by atoms with Crippen LogP contribution in [0.1, 0.15) is 0 Å². The van der Waals surface area contributed by atoms with E-state index in [1.165, 1.54) is 0 Å². The molecule has 17 heavy (non-hydrogen) atoms.